The minimum atomic E-state index is 0.291. The first-order chi connectivity index (χ1) is 7.69. The van der Waals surface area contributed by atoms with Gasteiger partial charge in [-0.05, 0) is 31.2 Å². The van der Waals surface area contributed by atoms with E-state index < -0.39 is 0 Å². The third kappa shape index (κ3) is 2.22. The highest BCUT2D eigenvalue weighted by molar-refractivity contribution is 8.00. The molecule has 0 saturated heterocycles. The third-order valence-corrected chi connectivity index (χ3v) is 4.28. The Morgan fingerprint density at radius 1 is 1.62 bits per heavy atom. The van der Waals surface area contributed by atoms with Crippen molar-refractivity contribution in [2.45, 2.75) is 17.6 Å². The van der Waals surface area contributed by atoms with Crippen LogP contribution < -0.4 is 11.1 Å². The quantitative estimate of drug-likeness (QED) is 0.831. The average Bonchev–Trinajstić information content (AvgIpc) is 3.09. The summed E-state index contributed by atoms with van der Waals surface area (Å²) in [6.07, 6.45) is 4.63. The van der Waals surface area contributed by atoms with Gasteiger partial charge < -0.3 is 11.1 Å². The molecule has 84 valence electrons. The van der Waals surface area contributed by atoms with Crippen molar-refractivity contribution in [2.24, 2.45) is 0 Å². The zero-order valence-electron chi connectivity index (χ0n) is 9.16. The van der Waals surface area contributed by atoms with Gasteiger partial charge >= 0.3 is 0 Å². The Kier molecular flexibility index (Phi) is 2.92. The third-order valence-electron chi connectivity index (χ3n) is 2.86. The van der Waals surface area contributed by atoms with E-state index in [4.69, 9.17) is 11.0 Å². The number of nitrogens with two attached hydrogens (primary N) is 1. The van der Waals surface area contributed by atoms with E-state index in [0.29, 0.717) is 16.1 Å². The second kappa shape index (κ2) is 4.22. The molecule has 1 aromatic rings. The van der Waals surface area contributed by atoms with Crippen LogP contribution in [0.5, 0.6) is 0 Å². The minimum Gasteiger partial charge on any atom is -0.396 e. The maximum Gasteiger partial charge on any atom is 0.165 e. The van der Waals surface area contributed by atoms with Gasteiger partial charge in [0.2, 0.25) is 0 Å². The minimum absolute atomic E-state index is 0.291. The highest BCUT2D eigenvalue weighted by atomic mass is 32.2. The lowest BCUT2D eigenvalue weighted by Crippen LogP contribution is -2.18. The van der Waals surface area contributed by atoms with Crippen molar-refractivity contribution >= 4 is 23.3 Å². The lowest BCUT2D eigenvalue weighted by molar-refractivity contribution is 0.940. The molecule has 1 saturated carbocycles. The molecule has 1 aliphatic carbocycles. The predicted molar refractivity (Wildman–Crippen MR) is 67.3 cm³/mol. The predicted octanol–water partition coefficient (Wildman–Crippen LogP) is 1.84. The number of nitriles is 1. The molecule has 0 amide bonds. The summed E-state index contributed by atoms with van der Waals surface area (Å²) >= 11 is 1.89. The number of thioether (sulfide) groups is 1. The summed E-state index contributed by atoms with van der Waals surface area (Å²) in [5.74, 6) is 0.728. The number of nitrogens with zero attached hydrogens (tertiary/aromatic N) is 2. The van der Waals surface area contributed by atoms with Crippen molar-refractivity contribution in [1.82, 2.24) is 4.98 Å². The summed E-state index contributed by atoms with van der Waals surface area (Å²) in [4.78, 5) is 4.15. The van der Waals surface area contributed by atoms with Crippen molar-refractivity contribution in [1.29, 1.82) is 5.26 Å². The van der Waals surface area contributed by atoms with E-state index in [1.54, 1.807) is 6.07 Å². The number of anilines is 2. The summed E-state index contributed by atoms with van der Waals surface area (Å²) in [6, 6.07) is 5.51. The molecule has 0 bridgehead atoms. The van der Waals surface area contributed by atoms with Crippen molar-refractivity contribution in [3.05, 3.63) is 17.8 Å². The molecule has 0 unspecified atom stereocenters. The highest BCUT2D eigenvalue weighted by Gasteiger charge is 2.41. The van der Waals surface area contributed by atoms with E-state index >= 15 is 0 Å². The molecule has 5 heteroatoms. The Balaban J connectivity index is 2.03. The molecule has 0 radical (unpaired) electrons. The molecule has 1 heterocycles. The van der Waals surface area contributed by atoms with Crippen LogP contribution in [0.1, 0.15) is 18.5 Å². The molecule has 16 heavy (non-hydrogen) atoms. The fourth-order valence-corrected chi connectivity index (χ4v) is 2.23. The summed E-state index contributed by atoms with van der Waals surface area (Å²) in [6.45, 7) is 0.899. The monoisotopic (exact) mass is 234 g/mol. The Labute approximate surface area is 99.2 Å². The number of nitrogens with one attached hydrogen (secondary N) is 1. The van der Waals surface area contributed by atoms with Crippen molar-refractivity contribution < 1.29 is 0 Å². The van der Waals surface area contributed by atoms with Gasteiger partial charge in [0, 0.05) is 11.3 Å². The van der Waals surface area contributed by atoms with E-state index in [2.05, 4.69) is 16.6 Å². The summed E-state index contributed by atoms with van der Waals surface area (Å²) in [5, 5.41) is 12.1. The largest absolute Gasteiger partial charge is 0.396 e. The number of rotatable bonds is 4. The lowest BCUT2D eigenvalue weighted by Gasteiger charge is -2.13. The number of pyridine rings is 1. The van der Waals surface area contributed by atoms with E-state index in [-0.39, 0.29) is 0 Å². The van der Waals surface area contributed by atoms with Gasteiger partial charge in [-0.25, -0.2) is 4.98 Å². The molecule has 0 atom stereocenters. The van der Waals surface area contributed by atoms with Gasteiger partial charge in [0.1, 0.15) is 11.9 Å². The first kappa shape index (κ1) is 11.1. The highest BCUT2D eigenvalue weighted by Crippen LogP contribution is 2.46. The maximum absolute atomic E-state index is 8.81. The zero-order valence-corrected chi connectivity index (χ0v) is 9.97. The number of hydrogen-bond donors (Lipinski definition) is 2. The topological polar surface area (TPSA) is 74.7 Å². The Hall–Kier alpha value is -1.41. The van der Waals surface area contributed by atoms with Gasteiger partial charge in [0.25, 0.3) is 0 Å². The Bertz CT molecular complexity index is 434. The summed E-state index contributed by atoms with van der Waals surface area (Å²) < 4.78 is 0.385. The van der Waals surface area contributed by atoms with Gasteiger partial charge in [-0.3, -0.25) is 0 Å². The molecule has 4 nitrogen and oxygen atoms in total. The van der Waals surface area contributed by atoms with Gasteiger partial charge in [-0.15, -0.1) is 0 Å². The second-order valence-corrected chi connectivity index (χ2v) is 5.26. The molecule has 1 aliphatic rings. The first-order valence-corrected chi connectivity index (χ1v) is 6.37. The summed E-state index contributed by atoms with van der Waals surface area (Å²) in [7, 11) is 0. The van der Waals surface area contributed by atoms with Crippen LogP contribution in [0.25, 0.3) is 0 Å². The lowest BCUT2D eigenvalue weighted by atomic mass is 10.3. The molecular formula is C11H14N4S. The molecule has 2 rings (SSSR count). The number of aromatic nitrogens is 1. The summed E-state index contributed by atoms with van der Waals surface area (Å²) in [5.41, 5.74) is 6.32. The standard InChI is InChI=1S/C11H14N4S/c1-16-11(4-5-11)7-14-10-3-2-8(13)9(6-12)15-10/h2-3H,4-5,7,13H2,1H3,(H,14,15). The Morgan fingerprint density at radius 3 is 2.94 bits per heavy atom. The Morgan fingerprint density at radius 2 is 2.38 bits per heavy atom. The van der Waals surface area contributed by atoms with Crippen LogP contribution >= 0.6 is 11.8 Å². The van der Waals surface area contributed by atoms with Crippen LogP contribution in [0.15, 0.2) is 12.1 Å². The molecule has 0 spiro atoms. The van der Waals surface area contributed by atoms with Crippen LogP contribution in [0.3, 0.4) is 0 Å². The smallest absolute Gasteiger partial charge is 0.165 e. The maximum atomic E-state index is 8.81. The molecule has 0 aromatic carbocycles. The van der Waals surface area contributed by atoms with Crippen LogP contribution in [-0.4, -0.2) is 22.5 Å². The van der Waals surface area contributed by atoms with Gasteiger partial charge in [0.05, 0.1) is 5.69 Å². The number of nitrogen functional groups attached to an aromatic ring is 1. The fourth-order valence-electron chi connectivity index (χ4n) is 1.50. The average molecular weight is 234 g/mol. The van der Waals surface area contributed by atoms with E-state index in [0.717, 1.165) is 12.4 Å². The van der Waals surface area contributed by atoms with Crippen LogP contribution in [-0.2, 0) is 0 Å². The van der Waals surface area contributed by atoms with Gasteiger partial charge in [-0.2, -0.15) is 17.0 Å². The van der Waals surface area contributed by atoms with Crippen molar-refractivity contribution in [2.75, 3.05) is 23.9 Å². The second-order valence-electron chi connectivity index (χ2n) is 3.99. The van der Waals surface area contributed by atoms with E-state index in [1.165, 1.54) is 12.8 Å². The van der Waals surface area contributed by atoms with Crippen molar-refractivity contribution in [3.63, 3.8) is 0 Å². The SMILES string of the molecule is CSC1(CNc2ccc(N)c(C#N)n2)CC1. The molecule has 1 fully saturated rings. The van der Waals surface area contributed by atoms with Crippen molar-refractivity contribution in [3.8, 4) is 6.07 Å². The van der Waals surface area contributed by atoms with Gasteiger partial charge in [0.15, 0.2) is 5.69 Å². The van der Waals surface area contributed by atoms with Gasteiger partial charge in [-0.1, -0.05) is 0 Å². The van der Waals surface area contributed by atoms with E-state index in [9.17, 15) is 0 Å². The van der Waals surface area contributed by atoms with Crippen LogP contribution in [0.4, 0.5) is 11.5 Å². The van der Waals surface area contributed by atoms with E-state index in [1.807, 2.05) is 23.9 Å². The zero-order chi connectivity index (χ0) is 11.6. The van der Waals surface area contributed by atoms with Crippen LogP contribution in [0, 0.1) is 11.3 Å². The first-order valence-electron chi connectivity index (χ1n) is 5.15. The molecule has 1 aromatic heterocycles. The molecular weight excluding hydrogens is 220 g/mol. The molecule has 3 N–H and O–H groups in total. The fraction of sp³-hybridized carbons (Fsp3) is 0.455. The molecule has 0 aliphatic heterocycles. The number of hydrogen-bond acceptors (Lipinski definition) is 5. The normalized spacial score (nSPS) is 16.5. The van der Waals surface area contributed by atoms with Crippen LogP contribution in [0.2, 0.25) is 0 Å².